The van der Waals surface area contributed by atoms with E-state index in [-0.39, 0.29) is 55.3 Å². The van der Waals surface area contributed by atoms with Gasteiger partial charge < -0.3 is 15.7 Å². The van der Waals surface area contributed by atoms with Crippen LogP contribution in [-0.4, -0.2) is 47.8 Å². The second-order valence-electron chi connectivity index (χ2n) is 7.64. The Bertz CT molecular complexity index is 994. The van der Waals surface area contributed by atoms with Crippen molar-refractivity contribution in [3.05, 3.63) is 59.2 Å². The minimum absolute atomic E-state index is 0.0152. The van der Waals surface area contributed by atoms with Gasteiger partial charge in [-0.05, 0) is 30.0 Å². The Kier molecular flexibility index (Phi) is 8.56. The molecule has 4 rings (SSSR count). The maximum Gasteiger partial charge on any atom is 0.299 e. The normalized spacial score (nSPS) is 19.4. The number of hydrogen-bond donors (Lipinski definition) is 2. The number of carboxylic acid groups (broad SMARTS) is 1. The van der Waals surface area contributed by atoms with Crippen LogP contribution < -0.4 is 5.73 Å². The van der Waals surface area contributed by atoms with Gasteiger partial charge >= 0.3 is 0 Å². The number of primary amides is 1. The molecular formula is C23H24F4N2O4. The number of benzene rings is 2. The Balaban J connectivity index is 0.000000582. The van der Waals surface area contributed by atoms with Gasteiger partial charge in [0.1, 0.15) is 0 Å². The number of nitrogens with zero attached hydrogens (tertiary/aromatic N) is 1. The molecule has 0 aromatic heterocycles. The van der Waals surface area contributed by atoms with Crippen molar-refractivity contribution in [1.29, 1.82) is 0 Å². The van der Waals surface area contributed by atoms with Crippen molar-refractivity contribution in [3.63, 3.8) is 0 Å². The van der Waals surface area contributed by atoms with Crippen LogP contribution in [-0.2, 0) is 26.7 Å². The molecule has 0 bridgehead atoms. The number of likely N-dealkylation sites (tertiary alicyclic amines) is 1. The zero-order valence-electron chi connectivity index (χ0n) is 17.8. The van der Waals surface area contributed by atoms with E-state index >= 15 is 0 Å². The van der Waals surface area contributed by atoms with E-state index in [2.05, 4.69) is 5.73 Å². The number of amides is 2. The zero-order chi connectivity index (χ0) is 24.8. The van der Waals surface area contributed by atoms with Crippen molar-refractivity contribution < 1.29 is 37.1 Å². The van der Waals surface area contributed by atoms with Gasteiger partial charge in [0.15, 0.2) is 0 Å². The summed E-state index contributed by atoms with van der Waals surface area (Å²) in [7, 11) is 0. The van der Waals surface area contributed by atoms with Gasteiger partial charge in [-0.1, -0.05) is 42.5 Å². The fourth-order valence-corrected chi connectivity index (χ4v) is 4.21. The van der Waals surface area contributed by atoms with Crippen LogP contribution in [0.15, 0.2) is 42.5 Å². The van der Waals surface area contributed by atoms with Crippen LogP contribution in [0.5, 0.6) is 0 Å². The highest BCUT2D eigenvalue weighted by atomic mass is 19.3. The Morgan fingerprint density at radius 3 is 2.33 bits per heavy atom. The second kappa shape index (κ2) is 10.9. The summed E-state index contributed by atoms with van der Waals surface area (Å²) in [5, 5.41) is 6.89. The zero-order valence-corrected chi connectivity index (χ0v) is 17.8. The standard InChI is InChI=1S/C21H19F4NO.CH3NO.CH2O2/c1-12-8-14(20(22)23)11-26(12)19(27)10-13-6-7-18-16(9-13)15-4-2-3-5-17(15)21(18,24)25;2*2-1-3/h2-7,9,12,14,20H,8,10-11H2,1H3;1H,(H2,2,3);1H,(H,2,3). The van der Waals surface area contributed by atoms with Crippen LogP contribution in [0, 0.1) is 5.92 Å². The van der Waals surface area contributed by atoms with Crippen molar-refractivity contribution >= 4 is 18.8 Å². The van der Waals surface area contributed by atoms with Gasteiger partial charge in [-0.2, -0.15) is 8.78 Å². The quantitative estimate of drug-likeness (QED) is 0.530. The smallest absolute Gasteiger partial charge is 0.299 e. The van der Waals surface area contributed by atoms with Crippen LogP contribution in [0.2, 0.25) is 0 Å². The lowest BCUT2D eigenvalue weighted by Crippen LogP contribution is -2.35. The molecular weight excluding hydrogens is 444 g/mol. The highest BCUT2D eigenvalue weighted by Gasteiger charge is 2.44. The van der Waals surface area contributed by atoms with Crippen molar-refractivity contribution in [3.8, 4) is 11.1 Å². The van der Waals surface area contributed by atoms with Crippen molar-refractivity contribution in [2.75, 3.05) is 6.54 Å². The minimum Gasteiger partial charge on any atom is -0.483 e. The average molecular weight is 468 g/mol. The van der Waals surface area contributed by atoms with E-state index in [4.69, 9.17) is 14.7 Å². The third-order valence-electron chi connectivity index (χ3n) is 5.62. The summed E-state index contributed by atoms with van der Waals surface area (Å²) in [6, 6.07) is 10.6. The lowest BCUT2D eigenvalue weighted by atomic mass is 10.0. The van der Waals surface area contributed by atoms with E-state index in [1.807, 2.05) is 0 Å². The number of hydrogen-bond acceptors (Lipinski definition) is 3. The number of fused-ring (bicyclic) bond motifs is 3. The number of alkyl halides is 4. The topological polar surface area (TPSA) is 101 Å². The van der Waals surface area contributed by atoms with Crippen LogP contribution in [0.3, 0.4) is 0 Å². The van der Waals surface area contributed by atoms with Crippen LogP contribution in [0.1, 0.15) is 30.0 Å². The number of carbonyl (C=O) groups is 3. The summed E-state index contributed by atoms with van der Waals surface area (Å²) in [5.74, 6) is -4.10. The van der Waals surface area contributed by atoms with Crippen LogP contribution >= 0.6 is 0 Å². The molecule has 1 fully saturated rings. The molecule has 1 aliphatic carbocycles. The molecule has 10 heteroatoms. The molecule has 1 aliphatic heterocycles. The van der Waals surface area contributed by atoms with E-state index in [1.54, 1.807) is 31.2 Å². The molecule has 0 radical (unpaired) electrons. The van der Waals surface area contributed by atoms with Gasteiger partial charge in [0, 0.05) is 29.6 Å². The summed E-state index contributed by atoms with van der Waals surface area (Å²) < 4.78 is 55.1. The van der Waals surface area contributed by atoms with E-state index in [0.29, 0.717) is 16.7 Å². The van der Waals surface area contributed by atoms with Gasteiger partial charge in [0.05, 0.1) is 6.42 Å². The Hall–Kier alpha value is -3.43. The molecule has 2 atom stereocenters. The lowest BCUT2D eigenvalue weighted by molar-refractivity contribution is -0.131. The molecule has 2 aromatic rings. The molecule has 2 amide bonds. The average Bonchev–Trinajstić information content (AvgIpc) is 3.26. The van der Waals surface area contributed by atoms with Gasteiger partial charge in [-0.3, -0.25) is 14.4 Å². The van der Waals surface area contributed by atoms with Crippen molar-refractivity contribution in [2.45, 2.75) is 38.2 Å². The Labute approximate surface area is 188 Å². The van der Waals surface area contributed by atoms with Gasteiger partial charge in [0.2, 0.25) is 18.7 Å². The fraction of sp³-hybridized carbons (Fsp3) is 0.348. The largest absolute Gasteiger partial charge is 0.483 e. The first-order chi connectivity index (χ1) is 15.6. The van der Waals surface area contributed by atoms with Crippen LogP contribution in [0.25, 0.3) is 11.1 Å². The molecule has 0 saturated carbocycles. The molecule has 0 spiro atoms. The van der Waals surface area contributed by atoms with E-state index in [0.717, 1.165) is 0 Å². The van der Waals surface area contributed by atoms with Gasteiger partial charge in [-0.15, -0.1) is 0 Å². The Morgan fingerprint density at radius 1 is 1.18 bits per heavy atom. The SMILES string of the molecule is CC1CC(C(F)F)CN1C(=O)Cc1ccc2c(c1)-c1ccccc1C2(F)F.NC=O.O=CO. The van der Waals surface area contributed by atoms with Crippen molar-refractivity contribution in [1.82, 2.24) is 4.90 Å². The lowest BCUT2D eigenvalue weighted by Gasteiger charge is -2.22. The number of carbonyl (C=O) groups excluding carboxylic acids is 2. The predicted octanol–water partition coefficient (Wildman–Crippen LogP) is 3.65. The predicted molar refractivity (Wildman–Crippen MR) is 113 cm³/mol. The summed E-state index contributed by atoms with van der Waals surface area (Å²) in [6.07, 6.45) is -1.89. The first kappa shape index (κ1) is 25.8. The molecule has 1 heterocycles. The molecule has 2 unspecified atom stereocenters. The first-order valence-electron chi connectivity index (χ1n) is 10.0. The molecule has 3 N–H and O–H groups in total. The maximum absolute atomic E-state index is 14.6. The summed E-state index contributed by atoms with van der Waals surface area (Å²) >= 11 is 0. The number of halogens is 4. The van der Waals surface area contributed by atoms with Gasteiger partial charge in [-0.25, -0.2) is 8.78 Å². The monoisotopic (exact) mass is 468 g/mol. The number of nitrogens with two attached hydrogens (primary N) is 1. The summed E-state index contributed by atoms with van der Waals surface area (Å²) in [6.45, 7) is 1.56. The summed E-state index contributed by atoms with van der Waals surface area (Å²) in [4.78, 5) is 31.0. The van der Waals surface area contributed by atoms with Crippen LogP contribution in [0.4, 0.5) is 17.6 Å². The Morgan fingerprint density at radius 2 is 1.76 bits per heavy atom. The minimum atomic E-state index is -3.05. The van der Waals surface area contributed by atoms with E-state index < -0.39 is 18.3 Å². The summed E-state index contributed by atoms with van der Waals surface area (Å²) in [5.41, 5.74) is 5.59. The number of rotatable bonds is 3. The second-order valence-corrected chi connectivity index (χ2v) is 7.64. The highest BCUT2D eigenvalue weighted by Crippen LogP contribution is 2.51. The van der Waals surface area contributed by atoms with E-state index in [1.165, 1.54) is 23.1 Å². The van der Waals surface area contributed by atoms with Crippen molar-refractivity contribution in [2.24, 2.45) is 11.7 Å². The highest BCUT2D eigenvalue weighted by molar-refractivity contribution is 5.83. The molecule has 6 nitrogen and oxygen atoms in total. The fourth-order valence-electron chi connectivity index (χ4n) is 4.21. The third kappa shape index (κ3) is 5.50. The molecule has 1 saturated heterocycles. The third-order valence-corrected chi connectivity index (χ3v) is 5.62. The van der Waals surface area contributed by atoms with E-state index in [9.17, 15) is 22.4 Å². The maximum atomic E-state index is 14.6. The first-order valence-corrected chi connectivity index (χ1v) is 10.0. The molecule has 2 aliphatic rings. The molecule has 2 aromatic carbocycles. The molecule has 33 heavy (non-hydrogen) atoms. The molecule has 178 valence electrons. The van der Waals surface area contributed by atoms with Gasteiger partial charge in [0.25, 0.3) is 12.4 Å².